The van der Waals surface area contributed by atoms with Crippen LogP contribution in [-0.4, -0.2) is 44.3 Å². The largest absolute Gasteiger partial charge is 0.354 e. The predicted molar refractivity (Wildman–Crippen MR) is 181 cm³/mol. The first-order valence-corrected chi connectivity index (χ1v) is 16.8. The zero-order valence-electron chi connectivity index (χ0n) is 25.5. The first-order chi connectivity index (χ1) is 21.5. The summed E-state index contributed by atoms with van der Waals surface area (Å²) in [7, 11) is -4.23. The lowest BCUT2D eigenvalue weighted by molar-refractivity contribution is -0.140. The number of rotatable bonds is 13. The van der Waals surface area contributed by atoms with Crippen molar-refractivity contribution in [3.05, 3.63) is 130 Å². The van der Waals surface area contributed by atoms with Gasteiger partial charge in [-0.1, -0.05) is 115 Å². The lowest BCUT2D eigenvalue weighted by Gasteiger charge is -2.34. The molecule has 0 aliphatic heterocycles. The molecule has 0 spiro atoms. The van der Waals surface area contributed by atoms with Crippen LogP contribution in [0.25, 0.3) is 0 Å². The van der Waals surface area contributed by atoms with Gasteiger partial charge < -0.3 is 10.2 Å². The quantitative estimate of drug-likeness (QED) is 0.168. The molecule has 0 radical (unpaired) electrons. The Morgan fingerprint density at radius 3 is 2.07 bits per heavy atom. The van der Waals surface area contributed by atoms with Crippen molar-refractivity contribution in [2.75, 3.05) is 17.4 Å². The van der Waals surface area contributed by atoms with Crippen LogP contribution in [-0.2, 0) is 32.6 Å². The fourth-order valence-electron chi connectivity index (χ4n) is 4.87. The highest BCUT2D eigenvalue weighted by Crippen LogP contribution is 2.31. The molecule has 0 unspecified atom stereocenters. The Balaban J connectivity index is 1.81. The Bertz CT molecular complexity index is 1720. The maximum atomic E-state index is 14.5. The van der Waals surface area contributed by atoms with E-state index in [2.05, 4.69) is 5.32 Å². The summed E-state index contributed by atoms with van der Waals surface area (Å²) in [6.07, 6.45) is 0.237. The van der Waals surface area contributed by atoms with Gasteiger partial charge in [-0.2, -0.15) is 0 Å². The minimum absolute atomic E-state index is 0.00428. The predicted octanol–water partition coefficient (Wildman–Crippen LogP) is 6.91. The second kappa shape index (κ2) is 15.4. The zero-order valence-corrected chi connectivity index (χ0v) is 27.8. The van der Waals surface area contributed by atoms with Gasteiger partial charge in [0.1, 0.15) is 12.6 Å². The molecule has 4 aromatic carbocycles. The van der Waals surface area contributed by atoms with Gasteiger partial charge in [0, 0.05) is 19.5 Å². The summed E-state index contributed by atoms with van der Waals surface area (Å²) < 4.78 is 29.1. The molecular formula is C35H37Cl2N3O4S. The minimum atomic E-state index is -4.23. The van der Waals surface area contributed by atoms with Crippen molar-refractivity contribution in [2.45, 2.75) is 44.7 Å². The molecule has 0 saturated carbocycles. The Morgan fingerprint density at radius 1 is 0.800 bits per heavy atom. The number of nitrogens with zero attached hydrogens (tertiary/aromatic N) is 2. The van der Waals surface area contributed by atoms with Crippen LogP contribution in [0.4, 0.5) is 5.69 Å². The van der Waals surface area contributed by atoms with E-state index in [1.54, 1.807) is 18.2 Å². The SMILES string of the molecule is Cc1cccc(CN(C(=O)CN(c2ccc(Cl)c(Cl)c2)S(=O)(=O)c2ccccc2)[C@@H](Cc2ccccc2)C(=O)NCC(C)C)c1. The molecule has 0 saturated heterocycles. The van der Waals surface area contributed by atoms with Crippen molar-refractivity contribution in [3.8, 4) is 0 Å². The number of carbonyl (C=O) groups excluding carboxylic acids is 2. The number of nitrogens with one attached hydrogen (secondary N) is 1. The molecule has 236 valence electrons. The molecule has 7 nitrogen and oxygen atoms in total. The third-order valence-electron chi connectivity index (χ3n) is 7.19. The lowest BCUT2D eigenvalue weighted by Crippen LogP contribution is -2.53. The standard InChI is InChI=1S/C35H37Cl2N3O4S/c1-25(2)22-38-35(42)33(20-27-12-6-4-7-13-27)39(23-28-14-10-11-26(3)19-28)34(41)24-40(29-17-18-31(36)32(37)21-29)45(43,44)30-15-8-5-9-16-30/h4-19,21,25,33H,20,22-24H2,1-3H3,(H,38,42)/t33-/m0/s1. The van der Waals surface area contributed by atoms with Gasteiger partial charge in [0.15, 0.2) is 0 Å². The van der Waals surface area contributed by atoms with Crippen LogP contribution < -0.4 is 9.62 Å². The molecule has 10 heteroatoms. The van der Waals surface area contributed by atoms with Crippen molar-refractivity contribution in [1.82, 2.24) is 10.2 Å². The summed E-state index contributed by atoms with van der Waals surface area (Å²) in [6.45, 7) is 5.87. The van der Waals surface area contributed by atoms with E-state index < -0.39 is 28.5 Å². The highest BCUT2D eigenvalue weighted by molar-refractivity contribution is 7.92. The highest BCUT2D eigenvalue weighted by atomic mass is 35.5. The number of hydrogen-bond donors (Lipinski definition) is 1. The summed E-state index contributed by atoms with van der Waals surface area (Å²) in [5.74, 6) is -0.684. The Kier molecular flexibility index (Phi) is 11.7. The molecule has 1 atom stereocenters. The van der Waals surface area contributed by atoms with Gasteiger partial charge >= 0.3 is 0 Å². The Hall–Kier alpha value is -3.85. The molecule has 45 heavy (non-hydrogen) atoms. The minimum Gasteiger partial charge on any atom is -0.354 e. The third-order valence-corrected chi connectivity index (χ3v) is 9.72. The van der Waals surface area contributed by atoms with Crippen molar-refractivity contribution in [1.29, 1.82) is 0 Å². The van der Waals surface area contributed by atoms with Crippen LogP contribution in [0.1, 0.15) is 30.5 Å². The molecule has 0 aliphatic rings. The molecule has 4 rings (SSSR count). The average molecular weight is 667 g/mol. The summed E-state index contributed by atoms with van der Waals surface area (Å²) >= 11 is 12.5. The van der Waals surface area contributed by atoms with Crippen LogP contribution in [0.3, 0.4) is 0 Å². The normalized spacial score (nSPS) is 12.0. The van der Waals surface area contributed by atoms with Crippen LogP contribution >= 0.6 is 23.2 Å². The van der Waals surface area contributed by atoms with Crippen molar-refractivity contribution >= 4 is 50.7 Å². The average Bonchev–Trinajstić information content (AvgIpc) is 3.02. The molecule has 0 aliphatic carbocycles. The summed E-state index contributed by atoms with van der Waals surface area (Å²) in [4.78, 5) is 29.8. The maximum Gasteiger partial charge on any atom is 0.264 e. The molecule has 0 heterocycles. The van der Waals surface area contributed by atoms with E-state index in [0.717, 1.165) is 21.0 Å². The van der Waals surface area contributed by atoms with Gasteiger partial charge in [0.05, 0.1) is 20.6 Å². The molecule has 0 bridgehead atoms. The van der Waals surface area contributed by atoms with E-state index >= 15 is 0 Å². The van der Waals surface area contributed by atoms with Crippen LogP contribution in [0.2, 0.25) is 10.0 Å². The van der Waals surface area contributed by atoms with E-state index in [0.29, 0.717) is 6.54 Å². The summed E-state index contributed by atoms with van der Waals surface area (Å²) in [5.41, 5.74) is 2.83. The van der Waals surface area contributed by atoms with Crippen molar-refractivity contribution in [3.63, 3.8) is 0 Å². The number of amides is 2. The Labute approximate surface area is 275 Å². The van der Waals surface area contributed by atoms with E-state index in [9.17, 15) is 18.0 Å². The maximum absolute atomic E-state index is 14.5. The smallest absolute Gasteiger partial charge is 0.264 e. The van der Waals surface area contributed by atoms with Crippen LogP contribution in [0, 0.1) is 12.8 Å². The third kappa shape index (κ3) is 9.10. The summed E-state index contributed by atoms with van der Waals surface area (Å²) in [6, 6.07) is 28.5. The van der Waals surface area contributed by atoms with E-state index in [4.69, 9.17) is 23.2 Å². The van der Waals surface area contributed by atoms with Gasteiger partial charge in [-0.3, -0.25) is 13.9 Å². The molecular weight excluding hydrogens is 629 g/mol. The fraction of sp³-hybridized carbons (Fsp3) is 0.257. The van der Waals surface area contributed by atoms with Gasteiger partial charge in [-0.25, -0.2) is 8.42 Å². The molecule has 1 N–H and O–H groups in total. The lowest BCUT2D eigenvalue weighted by atomic mass is 10.0. The van der Waals surface area contributed by atoms with Crippen molar-refractivity contribution in [2.24, 2.45) is 5.92 Å². The molecule has 0 fully saturated rings. The topological polar surface area (TPSA) is 86.8 Å². The number of sulfonamides is 1. The van der Waals surface area contributed by atoms with E-state index in [1.165, 1.54) is 35.2 Å². The second-order valence-electron chi connectivity index (χ2n) is 11.3. The van der Waals surface area contributed by atoms with Gasteiger partial charge in [-0.15, -0.1) is 0 Å². The van der Waals surface area contributed by atoms with Crippen molar-refractivity contribution < 1.29 is 18.0 Å². The molecule has 0 aromatic heterocycles. The van der Waals surface area contributed by atoms with Crippen LogP contribution in [0.5, 0.6) is 0 Å². The second-order valence-corrected chi connectivity index (χ2v) is 14.0. The first-order valence-electron chi connectivity index (χ1n) is 14.6. The van der Waals surface area contributed by atoms with Gasteiger partial charge in [0.2, 0.25) is 11.8 Å². The highest BCUT2D eigenvalue weighted by Gasteiger charge is 2.34. The molecule has 2 amide bonds. The number of aryl methyl sites for hydroxylation is 1. The monoisotopic (exact) mass is 665 g/mol. The zero-order chi connectivity index (χ0) is 32.6. The number of anilines is 1. The summed E-state index contributed by atoms with van der Waals surface area (Å²) in [5, 5.41) is 3.38. The first kappa shape index (κ1) is 34.0. The van der Waals surface area contributed by atoms with Gasteiger partial charge in [0.25, 0.3) is 10.0 Å². The number of hydrogen-bond acceptors (Lipinski definition) is 4. The Morgan fingerprint density at radius 2 is 1.44 bits per heavy atom. The molecule has 4 aromatic rings. The fourth-order valence-corrected chi connectivity index (χ4v) is 6.59. The van der Waals surface area contributed by atoms with E-state index in [1.807, 2.05) is 75.4 Å². The number of halogens is 2. The van der Waals surface area contributed by atoms with Crippen LogP contribution in [0.15, 0.2) is 108 Å². The number of benzene rings is 4. The van der Waals surface area contributed by atoms with E-state index in [-0.39, 0.29) is 45.4 Å². The van der Waals surface area contributed by atoms with Gasteiger partial charge in [-0.05, 0) is 54.3 Å². The number of carbonyl (C=O) groups is 2.